The molecule has 0 aliphatic carbocycles. The van der Waals surface area contributed by atoms with Crippen LogP contribution in [-0.4, -0.2) is 48.3 Å². The minimum atomic E-state index is -0.801. The normalized spacial score (nSPS) is 19.1. The third-order valence-corrected chi connectivity index (χ3v) is 7.44. The molecule has 198 valence electrons. The summed E-state index contributed by atoms with van der Waals surface area (Å²) in [7, 11) is 0. The first-order valence-corrected chi connectivity index (χ1v) is 13.7. The molecule has 2 unspecified atom stereocenters. The maximum Gasteiger partial charge on any atom is 0.250 e. The second-order valence-electron chi connectivity index (χ2n) is 10.2. The minimum Gasteiger partial charge on any atom is -0.343 e. The molecule has 9 nitrogen and oxygen atoms in total. The van der Waals surface area contributed by atoms with E-state index < -0.39 is 29.9 Å². The van der Waals surface area contributed by atoms with E-state index in [-0.39, 0.29) is 17.7 Å². The molecular weight excluding hydrogens is 490 g/mol. The van der Waals surface area contributed by atoms with Gasteiger partial charge in [0.1, 0.15) is 12.1 Å². The van der Waals surface area contributed by atoms with Crippen LogP contribution in [0.5, 0.6) is 0 Å². The Kier molecular flexibility index (Phi) is 8.29. The van der Waals surface area contributed by atoms with Crippen molar-refractivity contribution in [3.8, 4) is 0 Å². The lowest BCUT2D eigenvalue weighted by molar-refractivity contribution is -0.132. The molecule has 3 atom stereocenters. The van der Waals surface area contributed by atoms with Crippen molar-refractivity contribution in [3.63, 3.8) is 0 Å². The van der Waals surface area contributed by atoms with Gasteiger partial charge in [0.05, 0.1) is 24.0 Å². The Morgan fingerprint density at radius 1 is 1.16 bits per heavy atom. The molecule has 4 N–H and O–H groups in total. The highest BCUT2D eigenvalue weighted by molar-refractivity contribution is 7.07. The fourth-order valence-electron chi connectivity index (χ4n) is 4.89. The molecule has 2 aliphatic heterocycles. The molecule has 0 spiro atoms. The molecule has 2 aromatic rings. The number of amides is 4. The lowest BCUT2D eigenvalue weighted by Crippen LogP contribution is -2.58. The second kappa shape index (κ2) is 11.4. The number of nitrogens with zero attached hydrogens (tertiary/aromatic N) is 2. The molecular formula is C27H35N5O4S. The highest BCUT2D eigenvalue weighted by atomic mass is 32.1. The standard InChI is InChI=1S/C27H35N5O4S/c1-16(2)12-20(29-25(34)17(3)28)26(35)30-21-13-19-6-4-7-22(31-10-5-8-23(31)33)24(19)32(27(21)36)14-18-9-11-37-15-18/h4,6-7,9,11,15-17,20-21H,5,8,10,12-14,28H2,1-3H3,(H,29,34)(H,30,35)/t17?,20-,21?/m1/s1. The first-order valence-electron chi connectivity index (χ1n) is 12.8. The van der Waals surface area contributed by atoms with Crippen LogP contribution in [0.25, 0.3) is 0 Å². The number of nitrogens with two attached hydrogens (primary N) is 1. The van der Waals surface area contributed by atoms with Gasteiger partial charge >= 0.3 is 0 Å². The summed E-state index contributed by atoms with van der Waals surface area (Å²) < 4.78 is 0. The number of carbonyl (C=O) groups is 4. The van der Waals surface area contributed by atoms with E-state index in [9.17, 15) is 19.2 Å². The number of carbonyl (C=O) groups excluding carboxylic acids is 4. The van der Waals surface area contributed by atoms with Crippen LogP contribution in [0, 0.1) is 5.92 Å². The number of rotatable bonds is 9. The first-order chi connectivity index (χ1) is 17.7. The predicted molar refractivity (Wildman–Crippen MR) is 144 cm³/mol. The predicted octanol–water partition coefficient (Wildman–Crippen LogP) is 2.33. The highest BCUT2D eigenvalue weighted by Gasteiger charge is 2.38. The van der Waals surface area contributed by atoms with Gasteiger partial charge in [0.15, 0.2) is 0 Å². The molecule has 3 heterocycles. The summed E-state index contributed by atoms with van der Waals surface area (Å²) in [4.78, 5) is 55.5. The Morgan fingerprint density at radius 3 is 2.57 bits per heavy atom. The van der Waals surface area contributed by atoms with Gasteiger partial charge in [0.25, 0.3) is 0 Å². The summed E-state index contributed by atoms with van der Waals surface area (Å²) in [5.74, 6) is -0.880. The van der Waals surface area contributed by atoms with Gasteiger partial charge in [0.2, 0.25) is 23.6 Å². The number of para-hydroxylation sites is 1. The number of nitrogens with one attached hydrogen (secondary N) is 2. The number of hydrogen-bond donors (Lipinski definition) is 3. The quantitative estimate of drug-likeness (QED) is 0.464. The zero-order valence-electron chi connectivity index (χ0n) is 21.5. The van der Waals surface area contributed by atoms with E-state index in [1.54, 1.807) is 28.1 Å². The third-order valence-electron chi connectivity index (χ3n) is 6.71. The van der Waals surface area contributed by atoms with Crippen molar-refractivity contribution in [3.05, 3.63) is 46.2 Å². The average Bonchev–Trinajstić information content (AvgIpc) is 3.52. The Balaban J connectivity index is 1.65. The SMILES string of the molecule is CC(C)C[C@@H](NC(=O)C(C)N)C(=O)NC1Cc2cccc(N3CCCC3=O)c2N(Cc2ccsc2)C1=O. The molecule has 0 bridgehead atoms. The van der Waals surface area contributed by atoms with Gasteiger partial charge in [-0.15, -0.1) is 0 Å². The molecule has 10 heteroatoms. The van der Waals surface area contributed by atoms with Crippen LogP contribution in [0.1, 0.15) is 51.2 Å². The topological polar surface area (TPSA) is 125 Å². The van der Waals surface area contributed by atoms with Gasteiger partial charge in [-0.25, -0.2) is 0 Å². The summed E-state index contributed by atoms with van der Waals surface area (Å²) >= 11 is 1.55. The van der Waals surface area contributed by atoms with Gasteiger partial charge < -0.3 is 26.2 Å². The molecule has 1 aromatic heterocycles. The van der Waals surface area contributed by atoms with Gasteiger partial charge in [0, 0.05) is 19.4 Å². The van der Waals surface area contributed by atoms with Crippen molar-refractivity contribution in [1.29, 1.82) is 0 Å². The zero-order valence-corrected chi connectivity index (χ0v) is 22.3. The summed E-state index contributed by atoms with van der Waals surface area (Å²) in [6.45, 7) is 6.43. The molecule has 0 radical (unpaired) electrons. The third kappa shape index (κ3) is 6.02. The van der Waals surface area contributed by atoms with E-state index in [0.717, 1.165) is 28.9 Å². The van der Waals surface area contributed by atoms with Crippen LogP contribution in [0.2, 0.25) is 0 Å². The summed E-state index contributed by atoms with van der Waals surface area (Å²) in [6.07, 6.45) is 1.99. The van der Waals surface area contributed by atoms with Crippen LogP contribution in [-0.2, 0) is 32.1 Å². The van der Waals surface area contributed by atoms with E-state index >= 15 is 0 Å². The molecule has 1 fully saturated rings. The van der Waals surface area contributed by atoms with Gasteiger partial charge in [-0.1, -0.05) is 26.0 Å². The Hall–Kier alpha value is -3.24. The number of fused-ring (bicyclic) bond motifs is 1. The van der Waals surface area contributed by atoms with Crippen molar-refractivity contribution in [1.82, 2.24) is 10.6 Å². The largest absolute Gasteiger partial charge is 0.343 e. The lowest BCUT2D eigenvalue weighted by atomic mass is 9.94. The smallest absolute Gasteiger partial charge is 0.250 e. The molecule has 1 aromatic carbocycles. The van der Waals surface area contributed by atoms with Crippen LogP contribution >= 0.6 is 11.3 Å². The Bertz CT molecular complexity index is 1160. The van der Waals surface area contributed by atoms with Crippen molar-refractivity contribution < 1.29 is 19.2 Å². The number of thiophene rings is 1. The van der Waals surface area contributed by atoms with Crippen LogP contribution in [0.15, 0.2) is 35.0 Å². The van der Waals surface area contributed by atoms with Crippen molar-refractivity contribution in [2.45, 2.75) is 71.1 Å². The number of benzene rings is 1. The second-order valence-corrected chi connectivity index (χ2v) is 11.0. The lowest BCUT2D eigenvalue weighted by Gasteiger charge is -2.37. The van der Waals surface area contributed by atoms with Crippen molar-refractivity contribution >= 4 is 46.3 Å². The van der Waals surface area contributed by atoms with E-state index in [0.29, 0.717) is 32.4 Å². The Morgan fingerprint density at radius 2 is 1.95 bits per heavy atom. The van der Waals surface area contributed by atoms with E-state index in [2.05, 4.69) is 10.6 Å². The van der Waals surface area contributed by atoms with E-state index in [4.69, 9.17) is 5.73 Å². The number of anilines is 2. The van der Waals surface area contributed by atoms with Gasteiger partial charge in [-0.3, -0.25) is 19.2 Å². The maximum absolute atomic E-state index is 13.9. The molecule has 4 amide bonds. The average molecular weight is 526 g/mol. The number of hydrogen-bond acceptors (Lipinski definition) is 6. The summed E-state index contributed by atoms with van der Waals surface area (Å²) in [6, 6.07) is 5.33. The minimum absolute atomic E-state index is 0.0492. The fraction of sp³-hybridized carbons (Fsp3) is 0.481. The monoisotopic (exact) mass is 525 g/mol. The van der Waals surface area contributed by atoms with Crippen LogP contribution in [0.4, 0.5) is 11.4 Å². The van der Waals surface area contributed by atoms with E-state index in [1.807, 2.05) is 48.9 Å². The van der Waals surface area contributed by atoms with Crippen molar-refractivity contribution in [2.75, 3.05) is 16.3 Å². The van der Waals surface area contributed by atoms with Gasteiger partial charge in [-0.05, 0) is 59.7 Å². The van der Waals surface area contributed by atoms with Crippen molar-refractivity contribution in [2.24, 2.45) is 11.7 Å². The van der Waals surface area contributed by atoms with Gasteiger partial charge in [-0.2, -0.15) is 11.3 Å². The Labute approximate surface area is 221 Å². The fourth-order valence-corrected chi connectivity index (χ4v) is 5.55. The van der Waals surface area contributed by atoms with Crippen LogP contribution in [0.3, 0.4) is 0 Å². The zero-order chi connectivity index (χ0) is 26.7. The maximum atomic E-state index is 13.9. The molecule has 0 saturated carbocycles. The molecule has 2 aliphatic rings. The summed E-state index contributed by atoms with van der Waals surface area (Å²) in [5, 5.41) is 9.57. The molecule has 4 rings (SSSR count). The summed E-state index contributed by atoms with van der Waals surface area (Å²) in [5.41, 5.74) is 9.02. The highest BCUT2D eigenvalue weighted by Crippen LogP contribution is 2.40. The van der Waals surface area contributed by atoms with E-state index in [1.165, 1.54) is 0 Å². The molecule has 37 heavy (non-hydrogen) atoms. The van der Waals surface area contributed by atoms with Crippen LogP contribution < -0.4 is 26.2 Å². The molecule has 1 saturated heterocycles. The first kappa shape index (κ1) is 26.8.